The lowest BCUT2D eigenvalue weighted by Crippen LogP contribution is -2.42. The molecular weight excluding hydrogens is 267 g/mol. The van der Waals surface area contributed by atoms with E-state index in [1.807, 2.05) is 0 Å². The van der Waals surface area contributed by atoms with Crippen LogP contribution < -0.4 is 10.9 Å². The van der Waals surface area contributed by atoms with E-state index in [-0.39, 0.29) is 31.5 Å². The molecule has 0 radical (unpaired) electrons. The van der Waals surface area contributed by atoms with E-state index in [1.54, 1.807) is 0 Å². The van der Waals surface area contributed by atoms with Gasteiger partial charge in [-0.25, -0.2) is 4.39 Å². The van der Waals surface area contributed by atoms with Crippen molar-refractivity contribution < 1.29 is 23.9 Å². The third kappa shape index (κ3) is 6.48. The number of aliphatic carboxylic acids is 1. The van der Waals surface area contributed by atoms with Crippen molar-refractivity contribution in [1.82, 2.24) is 10.9 Å². The third-order valence-corrected chi connectivity index (χ3v) is 2.41. The molecule has 7 heteroatoms. The Balaban J connectivity index is 2.24. The number of carboxylic acids is 1. The van der Waals surface area contributed by atoms with Gasteiger partial charge in [-0.2, -0.15) is 0 Å². The van der Waals surface area contributed by atoms with Gasteiger partial charge in [0, 0.05) is 12.8 Å². The molecule has 0 bridgehead atoms. The molecule has 1 aromatic carbocycles. The minimum Gasteiger partial charge on any atom is -0.481 e. The molecule has 1 rings (SSSR count). The van der Waals surface area contributed by atoms with E-state index >= 15 is 0 Å². The van der Waals surface area contributed by atoms with Gasteiger partial charge in [0.2, 0.25) is 11.8 Å². The van der Waals surface area contributed by atoms with Crippen molar-refractivity contribution in [1.29, 1.82) is 0 Å². The van der Waals surface area contributed by atoms with E-state index < -0.39 is 17.8 Å². The summed E-state index contributed by atoms with van der Waals surface area (Å²) in [6, 6.07) is 5.44. The summed E-state index contributed by atoms with van der Waals surface area (Å²) < 4.78 is 12.7. The predicted molar refractivity (Wildman–Crippen MR) is 67.9 cm³/mol. The van der Waals surface area contributed by atoms with Gasteiger partial charge in [0.25, 0.3) is 0 Å². The molecule has 0 fully saturated rings. The van der Waals surface area contributed by atoms with Gasteiger partial charge in [0.1, 0.15) is 5.82 Å². The summed E-state index contributed by atoms with van der Waals surface area (Å²) in [4.78, 5) is 33.0. The molecule has 0 aliphatic heterocycles. The first-order valence-corrected chi connectivity index (χ1v) is 6.01. The van der Waals surface area contributed by atoms with Crippen LogP contribution in [-0.4, -0.2) is 22.9 Å². The summed E-state index contributed by atoms with van der Waals surface area (Å²) in [5.74, 6) is -2.26. The van der Waals surface area contributed by atoms with Gasteiger partial charge in [0.05, 0.1) is 6.42 Å². The van der Waals surface area contributed by atoms with Crippen LogP contribution in [0, 0.1) is 5.82 Å². The number of benzene rings is 1. The highest BCUT2D eigenvalue weighted by molar-refractivity contribution is 5.83. The number of carbonyl (C=O) groups excluding carboxylic acids is 2. The lowest BCUT2D eigenvalue weighted by molar-refractivity contribution is -0.137. The van der Waals surface area contributed by atoms with Crippen LogP contribution in [-0.2, 0) is 20.8 Å². The molecule has 0 aliphatic rings. The predicted octanol–water partition coefficient (Wildman–Crippen LogP) is 0.771. The van der Waals surface area contributed by atoms with E-state index in [9.17, 15) is 18.8 Å². The number of hydrogen-bond acceptors (Lipinski definition) is 3. The van der Waals surface area contributed by atoms with E-state index in [0.29, 0.717) is 5.56 Å². The second kappa shape index (κ2) is 7.88. The first-order chi connectivity index (χ1) is 9.47. The molecule has 108 valence electrons. The van der Waals surface area contributed by atoms with Crippen molar-refractivity contribution in [2.45, 2.75) is 25.7 Å². The second-order valence-corrected chi connectivity index (χ2v) is 4.15. The summed E-state index contributed by atoms with van der Waals surface area (Å²) in [6.45, 7) is 0. The summed E-state index contributed by atoms with van der Waals surface area (Å²) in [5.41, 5.74) is 5.00. The van der Waals surface area contributed by atoms with Gasteiger partial charge in [-0.05, 0) is 24.1 Å². The first kappa shape index (κ1) is 15.6. The maximum Gasteiger partial charge on any atom is 0.303 e. The standard InChI is InChI=1S/C13H15FN2O4/c14-10-6-4-9(5-7-10)8-12(18)16-15-11(17)2-1-3-13(19)20/h4-7H,1-3,8H2,(H,15,17)(H,16,18)(H,19,20). The van der Waals surface area contributed by atoms with Gasteiger partial charge in [0.15, 0.2) is 0 Å². The quantitative estimate of drug-likeness (QED) is 0.672. The van der Waals surface area contributed by atoms with Crippen molar-refractivity contribution in [3.8, 4) is 0 Å². The summed E-state index contributed by atoms with van der Waals surface area (Å²) in [6.07, 6.45) is 0.130. The average molecular weight is 282 g/mol. The Hall–Kier alpha value is -2.44. The van der Waals surface area contributed by atoms with Crippen LogP contribution in [0.4, 0.5) is 4.39 Å². The van der Waals surface area contributed by atoms with Gasteiger partial charge in [-0.1, -0.05) is 12.1 Å². The summed E-state index contributed by atoms with van der Waals surface area (Å²) >= 11 is 0. The van der Waals surface area contributed by atoms with Crippen LogP contribution in [0.5, 0.6) is 0 Å². The molecule has 1 aromatic rings. The van der Waals surface area contributed by atoms with Crippen LogP contribution >= 0.6 is 0 Å². The second-order valence-electron chi connectivity index (χ2n) is 4.15. The van der Waals surface area contributed by atoms with Crippen LogP contribution in [0.2, 0.25) is 0 Å². The van der Waals surface area contributed by atoms with Crippen molar-refractivity contribution in [2.75, 3.05) is 0 Å². The molecule has 0 aliphatic carbocycles. The molecule has 0 heterocycles. The van der Waals surface area contributed by atoms with Crippen molar-refractivity contribution in [3.05, 3.63) is 35.6 Å². The molecular formula is C13H15FN2O4. The van der Waals surface area contributed by atoms with E-state index in [1.165, 1.54) is 24.3 Å². The molecule has 6 nitrogen and oxygen atoms in total. The van der Waals surface area contributed by atoms with Crippen LogP contribution in [0.25, 0.3) is 0 Å². The molecule has 0 unspecified atom stereocenters. The van der Waals surface area contributed by atoms with Crippen LogP contribution in [0.15, 0.2) is 24.3 Å². The lowest BCUT2D eigenvalue weighted by Gasteiger charge is -2.07. The topological polar surface area (TPSA) is 95.5 Å². The number of hydrogen-bond donors (Lipinski definition) is 3. The van der Waals surface area contributed by atoms with Crippen LogP contribution in [0.1, 0.15) is 24.8 Å². The zero-order chi connectivity index (χ0) is 15.0. The van der Waals surface area contributed by atoms with Crippen molar-refractivity contribution in [3.63, 3.8) is 0 Å². The smallest absolute Gasteiger partial charge is 0.303 e. The van der Waals surface area contributed by atoms with Crippen LogP contribution in [0.3, 0.4) is 0 Å². The van der Waals surface area contributed by atoms with E-state index in [4.69, 9.17) is 5.11 Å². The Morgan fingerprint density at radius 2 is 1.60 bits per heavy atom. The minimum absolute atomic E-state index is 0.00961. The molecule has 0 aromatic heterocycles. The Morgan fingerprint density at radius 3 is 2.20 bits per heavy atom. The van der Waals surface area contributed by atoms with Gasteiger partial charge in [-0.15, -0.1) is 0 Å². The number of carboxylic acid groups (broad SMARTS) is 1. The number of amides is 2. The highest BCUT2D eigenvalue weighted by Gasteiger charge is 2.07. The molecule has 0 saturated heterocycles. The zero-order valence-corrected chi connectivity index (χ0v) is 10.7. The van der Waals surface area contributed by atoms with Gasteiger partial charge >= 0.3 is 5.97 Å². The Morgan fingerprint density at radius 1 is 1.00 bits per heavy atom. The minimum atomic E-state index is -0.974. The SMILES string of the molecule is O=C(O)CCCC(=O)NNC(=O)Cc1ccc(F)cc1. The van der Waals surface area contributed by atoms with Gasteiger partial charge < -0.3 is 5.11 Å². The fourth-order valence-electron chi connectivity index (χ4n) is 1.43. The Kier molecular flexibility index (Phi) is 6.15. The highest BCUT2D eigenvalue weighted by atomic mass is 19.1. The molecule has 0 atom stereocenters. The monoisotopic (exact) mass is 282 g/mol. The Labute approximate surface area is 115 Å². The molecule has 0 saturated carbocycles. The fourth-order valence-corrected chi connectivity index (χ4v) is 1.43. The Bertz CT molecular complexity index is 488. The number of hydrazine groups is 1. The first-order valence-electron chi connectivity index (χ1n) is 6.01. The third-order valence-electron chi connectivity index (χ3n) is 2.41. The number of nitrogens with one attached hydrogen (secondary N) is 2. The average Bonchev–Trinajstić information content (AvgIpc) is 2.39. The number of carbonyl (C=O) groups is 3. The molecule has 20 heavy (non-hydrogen) atoms. The number of halogens is 1. The van der Waals surface area contributed by atoms with Crippen molar-refractivity contribution >= 4 is 17.8 Å². The molecule has 0 spiro atoms. The molecule has 3 N–H and O–H groups in total. The molecule has 2 amide bonds. The van der Waals surface area contributed by atoms with E-state index in [2.05, 4.69) is 10.9 Å². The largest absolute Gasteiger partial charge is 0.481 e. The summed E-state index contributed by atoms with van der Waals surface area (Å²) in [7, 11) is 0. The zero-order valence-electron chi connectivity index (χ0n) is 10.7. The van der Waals surface area contributed by atoms with E-state index in [0.717, 1.165) is 0 Å². The van der Waals surface area contributed by atoms with Crippen molar-refractivity contribution in [2.24, 2.45) is 0 Å². The summed E-state index contributed by atoms with van der Waals surface area (Å²) in [5, 5.41) is 8.40. The number of rotatable bonds is 6. The van der Waals surface area contributed by atoms with Gasteiger partial charge in [-0.3, -0.25) is 25.2 Å². The maximum atomic E-state index is 12.7. The maximum absolute atomic E-state index is 12.7. The lowest BCUT2D eigenvalue weighted by atomic mass is 10.1. The fraction of sp³-hybridized carbons (Fsp3) is 0.308. The highest BCUT2D eigenvalue weighted by Crippen LogP contribution is 2.03. The normalized spacial score (nSPS) is 9.85.